The van der Waals surface area contributed by atoms with Crippen LogP contribution in [0.1, 0.15) is 29.0 Å². The van der Waals surface area contributed by atoms with E-state index in [4.69, 9.17) is 9.84 Å². The third kappa shape index (κ3) is 2.87. The number of hydrogen-bond donors (Lipinski definition) is 2. The number of aromatic nitrogens is 2. The van der Waals surface area contributed by atoms with Crippen LogP contribution in [0.4, 0.5) is 4.79 Å². The van der Waals surface area contributed by atoms with E-state index < -0.39 is 17.6 Å². The van der Waals surface area contributed by atoms with Crippen molar-refractivity contribution in [2.45, 2.75) is 18.4 Å². The van der Waals surface area contributed by atoms with Gasteiger partial charge in [0.25, 0.3) is 0 Å². The molecule has 0 aliphatic heterocycles. The Balaban J connectivity index is 2.05. The summed E-state index contributed by atoms with van der Waals surface area (Å²) in [5.41, 5.74) is -0.622. The molecule has 0 radical (unpaired) electrons. The summed E-state index contributed by atoms with van der Waals surface area (Å²) in [6.07, 6.45) is 4.74. The molecule has 1 amide bonds. The summed E-state index contributed by atoms with van der Waals surface area (Å²) >= 11 is 0. The first-order chi connectivity index (χ1) is 9.07. The van der Waals surface area contributed by atoms with Crippen molar-refractivity contribution in [3.8, 4) is 0 Å². The summed E-state index contributed by atoms with van der Waals surface area (Å²) in [7, 11) is 0. The third-order valence-electron chi connectivity index (χ3n) is 2.75. The van der Waals surface area contributed by atoms with E-state index in [0.717, 1.165) is 0 Å². The molecular weight excluding hydrogens is 250 g/mol. The molecule has 1 aliphatic rings. The molecular formula is C12H13N3O4. The van der Waals surface area contributed by atoms with Crippen molar-refractivity contribution in [3.63, 3.8) is 0 Å². The van der Waals surface area contributed by atoms with E-state index in [2.05, 4.69) is 21.9 Å². The SMILES string of the molecule is C=CCOC(=O)NC1(c2ncc(C(=O)O)cn2)CC1. The molecule has 1 fully saturated rings. The van der Waals surface area contributed by atoms with Crippen LogP contribution in [0, 0.1) is 0 Å². The average Bonchev–Trinajstić information content (AvgIpc) is 3.17. The second-order valence-corrected chi connectivity index (χ2v) is 4.19. The Morgan fingerprint density at radius 1 is 1.47 bits per heavy atom. The number of nitrogens with zero attached hydrogens (tertiary/aromatic N) is 2. The second-order valence-electron chi connectivity index (χ2n) is 4.19. The van der Waals surface area contributed by atoms with Gasteiger partial charge in [-0.25, -0.2) is 19.6 Å². The molecule has 1 aromatic heterocycles. The van der Waals surface area contributed by atoms with Crippen LogP contribution in [0.15, 0.2) is 25.0 Å². The Bertz CT molecular complexity index is 508. The standard InChI is InChI=1S/C12H13N3O4/c1-2-5-19-11(18)15-12(3-4-12)10-13-6-8(7-14-10)9(16)17/h2,6-7H,1,3-5H2,(H,15,18)(H,16,17). The van der Waals surface area contributed by atoms with E-state index >= 15 is 0 Å². The highest BCUT2D eigenvalue weighted by atomic mass is 16.5. The highest BCUT2D eigenvalue weighted by Crippen LogP contribution is 2.43. The number of rotatable bonds is 5. The maximum absolute atomic E-state index is 11.5. The van der Waals surface area contributed by atoms with Gasteiger partial charge in [-0.05, 0) is 12.8 Å². The Morgan fingerprint density at radius 2 is 2.11 bits per heavy atom. The van der Waals surface area contributed by atoms with Gasteiger partial charge in [0.1, 0.15) is 12.1 Å². The van der Waals surface area contributed by atoms with E-state index in [-0.39, 0.29) is 12.2 Å². The highest BCUT2D eigenvalue weighted by molar-refractivity contribution is 5.86. The van der Waals surface area contributed by atoms with Crippen LogP contribution in [-0.4, -0.2) is 33.7 Å². The summed E-state index contributed by atoms with van der Waals surface area (Å²) in [4.78, 5) is 30.1. The predicted octanol–water partition coefficient (Wildman–Crippen LogP) is 1.08. The van der Waals surface area contributed by atoms with Crippen molar-refractivity contribution in [1.82, 2.24) is 15.3 Å². The minimum Gasteiger partial charge on any atom is -0.478 e. The second kappa shape index (κ2) is 5.05. The fourth-order valence-corrected chi connectivity index (χ4v) is 1.58. The molecule has 0 unspecified atom stereocenters. The first kappa shape index (κ1) is 13.0. The van der Waals surface area contributed by atoms with Gasteiger partial charge in [0.05, 0.1) is 5.56 Å². The molecule has 2 N–H and O–H groups in total. The lowest BCUT2D eigenvalue weighted by molar-refractivity contribution is 0.0695. The molecule has 0 bridgehead atoms. The lowest BCUT2D eigenvalue weighted by Crippen LogP contribution is -2.36. The van der Waals surface area contributed by atoms with Crippen LogP contribution >= 0.6 is 0 Å². The quantitative estimate of drug-likeness (QED) is 0.771. The van der Waals surface area contributed by atoms with E-state index in [1.165, 1.54) is 18.5 Å². The van der Waals surface area contributed by atoms with Gasteiger partial charge in [0, 0.05) is 12.4 Å². The van der Waals surface area contributed by atoms with Gasteiger partial charge in [-0.3, -0.25) is 0 Å². The third-order valence-corrected chi connectivity index (χ3v) is 2.75. The molecule has 0 spiro atoms. The van der Waals surface area contributed by atoms with Crippen LogP contribution in [0.5, 0.6) is 0 Å². The molecule has 0 aromatic carbocycles. The summed E-state index contributed by atoms with van der Waals surface area (Å²) < 4.78 is 4.83. The lowest BCUT2D eigenvalue weighted by atomic mass is 10.2. The number of hydrogen-bond acceptors (Lipinski definition) is 5. The van der Waals surface area contributed by atoms with E-state index in [0.29, 0.717) is 18.7 Å². The predicted molar refractivity (Wildman–Crippen MR) is 64.6 cm³/mol. The maximum atomic E-state index is 11.5. The molecule has 19 heavy (non-hydrogen) atoms. The van der Waals surface area contributed by atoms with Gasteiger partial charge >= 0.3 is 12.1 Å². The minimum absolute atomic E-state index is 0.00813. The van der Waals surface area contributed by atoms with Gasteiger partial charge in [-0.15, -0.1) is 0 Å². The van der Waals surface area contributed by atoms with Gasteiger partial charge < -0.3 is 15.2 Å². The number of amides is 1. The first-order valence-electron chi connectivity index (χ1n) is 5.69. The summed E-state index contributed by atoms with van der Waals surface area (Å²) in [5.74, 6) is -0.692. The van der Waals surface area contributed by atoms with Crippen molar-refractivity contribution >= 4 is 12.1 Å². The van der Waals surface area contributed by atoms with Gasteiger partial charge in [-0.1, -0.05) is 12.7 Å². The molecule has 100 valence electrons. The molecule has 0 saturated heterocycles. The number of carbonyl (C=O) groups is 2. The number of carbonyl (C=O) groups excluding carboxylic acids is 1. The Hall–Kier alpha value is -2.44. The van der Waals surface area contributed by atoms with Crippen molar-refractivity contribution in [3.05, 3.63) is 36.4 Å². The van der Waals surface area contributed by atoms with E-state index in [1.54, 1.807) is 0 Å². The Kier molecular flexibility index (Phi) is 3.46. The number of alkyl carbamates (subject to hydrolysis) is 1. The minimum atomic E-state index is -1.09. The molecule has 7 nitrogen and oxygen atoms in total. The van der Waals surface area contributed by atoms with Crippen LogP contribution in [0.25, 0.3) is 0 Å². The molecule has 1 aliphatic carbocycles. The summed E-state index contributed by atoms with van der Waals surface area (Å²) in [6, 6.07) is 0. The molecule has 0 atom stereocenters. The van der Waals surface area contributed by atoms with Crippen LogP contribution in [0.3, 0.4) is 0 Å². The van der Waals surface area contributed by atoms with Gasteiger partial charge in [-0.2, -0.15) is 0 Å². The van der Waals surface area contributed by atoms with Crippen molar-refractivity contribution in [2.75, 3.05) is 6.61 Å². The van der Waals surface area contributed by atoms with Crippen LogP contribution in [-0.2, 0) is 10.3 Å². The van der Waals surface area contributed by atoms with Crippen LogP contribution < -0.4 is 5.32 Å². The van der Waals surface area contributed by atoms with E-state index in [1.807, 2.05) is 0 Å². The number of carboxylic acid groups (broad SMARTS) is 1. The monoisotopic (exact) mass is 263 g/mol. The van der Waals surface area contributed by atoms with Gasteiger partial charge in [0.2, 0.25) is 0 Å². The topological polar surface area (TPSA) is 101 Å². The number of nitrogens with one attached hydrogen (secondary N) is 1. The average molecular weight is 263 g/mol. The fourth-order valence-electron chi connectivity index (χ4n) is 1.58. The molecule has 1 saturated carbocycles. The number of carboxylic acids is 1. The molecule has 7 heteroatoms. The number of ether oxygens (including phenoxy) is 1. The van der Waals surface area contributed by atoms with Crippen molar-refractivity contribution < 1.29 is 19.4 Å². The normalized spacial score (nSPS) is 15.4. The summed E-state index contributed by atoms with van der Waals surface area (Å²) in [5, 5.41) is 11.4. The highest BCUT2D eigenvalue weighted by Gasteiger charge is 2.49. The zero-order valence-electron chi connectivity index (χ0n) is 10.1. The van der Waals surface area contributed by atoms with E-state index in [9.17, 15) is 9.59 Å². The summed E-state index contributed by atoms with van der Waals surface area (Å²) in [6.45, 7) is 3.57. The van der Waals surface area contributed by atoms with Crippen molar-refractivity contribution in [2.24, 2.45) is 0 Å². The largest absolute Gasteiger partial charge is 0.478 e. The smallest absolute Gasteiger partial charge is 0.408 e. The van der Waals surface area contributed by atoms with Crippen LogP contribution in [0.2, 0.25) is 0 Å². The first-order valence-corrected chi connectivity index (χ1v) is 5.69. The zero-order valence-corrected chi connectivity index (χ0v) is 10.1. The lowest BCUT2D eigenvalue weighted by Gasteiger charge is -2.15. The fraction of sp³-hybridized carbons (Fsp3) is 0.333. The molecule has 1 heterocycles. The Morgan fingerprint density at radius 3 is 2.58 bits per heavy atom. The molecule has 1 aromatic rings. The zero-order chi connectivity index (χ0) is 13.9. The molecule has 2 rings (SSSR count). The maximum Gasteiger partial charge on any atom is 0.408 e. The van der Waals surface area contributed by atoms with Crippen molar-refractivity contribution in [1.29, 1.82) is 0 Å². The Labute approximate surface area is 109 Å². The number of aromatic carboxylic acids is 1. The van der Waals surface area contributed by atoms with Gasteiger partial charge in [0.15, 0.2) is 5.82 Å².